The zero-order valence-corrected chi connectivity index (χ0v) is 29.8. The molecule has 0 amide bonds. The molecule has 0 unspecified atom stereocenters. The number of benzene rings is 4. The first-order valence-corrected chi connectivity index (χ1v) is 13.6. The van der Waals surface area contributed by atoms with Crippen LogP contribution in [0.5, 0.6) is 0 Å². The van der Waals surface area contributed by atoms with Crippen LogP contribution in [0.25, 0.3) is 44.1 Å². The van der Waals surface area contributed by atoms with Gasteiger partial charge in [-0.05, 0) is 93.9 Å². The second-order valence-corrected chi connectivity index (χ2v) is 11.1. The fourth-order valence-corrected chi connectivity index (χ4v) is 5.51. The van der Waals surface area contributed by atoms with Gasteiger partial charge in [-0.25, -0.2) is 0 Å². The maximum absolute atomic E-state index is 4.59. The Morgan fingerprint density at radius 3 is 1.34 bits per heavy atom. The fraction of sp³-hybridized carbons (Fsp3) is 0.135. The predicted molar refractivity (Wildman–Crippen MR) is 179 cm³/mol. The van der Waals surface area contributed by atoms with Crippen molar-refractivity contribution < 1.29 is 19.5 Å². The van der Waals surface area contributed by atoms with E-state index < -0.39 is 0 Å². The van der Waals surface area contributed by atoms with Gasteiger partial charge in [0.1, 0.15) is 0 Å². The largest absolute Gasteiger partial charge is 2.00 e. The minimum Gasteiger partial charge on any atom is -0.358 e. The number of pyridine rings is 2. The van der Waals surface area contributed by atoms with Crippen LogP contribution in [-0.4, -0.2) is 9.97 Å². The molecule has 0 spiro atoms. The fourth-order valence-electron chi connectivity index (χ4n) is 5.13. The van der Waals surface area contributed by atoms with E-state index in [2.05, 4.69) is 139 Å². The number of aromatic nitrogens is 2. The molecule has 6 aromatic rings. The van der Waals surface area contributed by atoms with E-state index in [9.17, 15) is 0 Å². The zero-order valence-electron chi connectivity index (χ0n) is 25.2. The van der Waals surface area contributed by atoms with E-state index in [0.29, 0.717) is 0 Å². The predicted octanol–water partition coefficient (Wildman–Crippen LogP) is 11.0. The quantitative estimate of drug-likeness (QED) is 0.137. The van der Waals surface area contributed by atoms with Crippen LogP contribution in [0.1, 0.15) is 27.8 Å². The SMILES string of the molecule is Cc1cc(C)cc(-c2nccc3cc(Br)ccc23)c1.Cc1cc(C)cc(-c2nccc3cc(C)ccc23)c1.[CH3-].[CH3-].[Zn+2]. The molecule has 2 aromatic heterocycles. The minimum atomic E-state index is 0. The van der Waals surface area contributed by atoms with Gasteiger partial charge >= 0.3 is 19.5 Å². The van der Waals surface area contributed by atoms with Gasteiger partial charge in [0.25, 0.3) is 0 Å². The first-order valence-electron chi connectivity index (χ1n) is 12.8. The van der Waals surface area contributed by atoms with Gasteiger partial charge in [-0.1, -0.05) is 80.1 Å². The van der Waals surface area contributed by atoms with Crippen molar-refractivity contribution in [2.45, 2.75) is 34.6 Å². The molecular weight excluding hydrogens is 618 g/mol. The van der Waals surface area contributed by atoms with E-state index in [1.54, 1.807) is 0 Å². The zero-order chi connectivity index (χ0) is 26.8. The molecule has 0 aliphatic carbocycles. The molecule has 0 saturated carbocycles. The minimum absolute atomic E-state index is 0. The van der Waals surface area contributed by atoms with Gasteiger partial charge in [-0.2, -0.15) is 0 Å². The topological polar surface area (TPSA) is 25.8 Å². The maximum atomic E-state index is 4.59. The van der Waals surface area contributed by atoms with Crippen molar-refractivity contribution in [3.05, 3.63) is 144 Å². The molecule has 0 radical (unpaired) electrons. The number of fused-ring (bicyclic) bond motifs is 2. The van der Waals surface area contributed by atoms with Gasteiger partial charge < -0.3 is 14.9 Å². The summed E-state index contributed by atoms with van der Waals surface area (Å²) < 4.78 is 1.09. The molecule has 204 valence electrons. The third-order valence-corrected chi connectivity index (χ3v) is 7.13. The first-order chi connectivity index (χ1) is 18.3. The van der Waals surface area contributed by atoms with Crippen LogP contribution < -0.4 is 0 Å². The first kappa shape index (κ1) is 34.0. The average molecular weight is 655 g/mol. The molecule has 0 bridgehead atoms. The number of aryl methyl sites for hydroxylation is 5. The number of nitrogens with zero attached hydrogens (tertiary/aromatic N) is 2. The Hall–Kier alpha value is -3.20. The van der Waals surface area contributed by atoms with E-state index in [1.807, 2.05) is 18.5 Å². The van der Waals surface area contributed by atoms with Crippen LogP contribution >= 0.6 is 15.9 Å². The van der Waals surface area contributed by atoms with E-state index in [-0.39, 0.29) is 34.3 Å². The second kappa shape index (κ2) is 14.6. The van der Waals surface area contributed by atoms with Crippen LogP contribution in [0, 0.1) is 49.5 Å². The van der Waals surface area contributed by atoms with E-state index in [4.69, 9.17) is 0 Å². The van der Waals surface area contributed by atoms with Crippen molar-refractivity contribution in [2.75, 3.05) is 0 Å². The Morgan fingerprint density at radius 1 is 0.463 bits per heavy atom. The molecule has 0 atom stereocenters. The molecule has 4 aromatic carbocycles. The third kappa shape index (κ3) is 7.97. The Kier molecular flexibility index (Phi) is 12.1. The summed E-state index contributed by atoms with van der Waals surface area (Å²) in [7, 11) is 0. The molecule has 2 heterocycles. The van der Waals surface area contributed by atoms with Crippen molar-refractivity contribution in [3.63, 3.8) is 0 Å². The van der Waals surface area contributed by atoms with Crippen LogP contribution in [0.3, 0.4) is 0 Å². The van der Waals surface area contributed by atoms with Crippen LogP contribution in [0.2, 0.25) is 0 Å². The van der Waals surface area contributed by atoms with E-state index in [0.717, 1.165) is 15.9 Å². The summed E-state index contributed by atoms with van der Waals surface area (Å²) in [6, 6.07) is 30.1. The van der Waals surface area contributed by atoms with Crippen molar-refractivity contribution in [3.8, 4) is 22.5 Å². The van der Waals surface area contributed by atoms with Crippen molar-refractivity contribution in [2.24, 2.45) is 0 Å². The Labute approximate surface area is 267 Å². The summed E-state index contributed by atoms with van der Waals surface area (Å²) in [6.07, 6.45) is 3.77. The average Bonchev–Trinajstić information content (AvgIpc) is 2.87. The van der Waals surface area contributed by atoms with Crippen LogP contribution in [0.4, 0.5) is 0 Å². The summed E-state index contributed by atoms with van der Waals surface area (Å²) in [6.45, 7) is 10.6. The summed E-state index contributed by atoms with van der Waals surface area (Å²) in [5, 5.41) is 4.87. The maximum Gasteiger partial charge on any atom is 2.00 e. The van der Waals surface area contributed by atoms with Crippen molar-refractivity contribution in [1.29, 1.82) is 0 Å². The normalized spacial score (nSPS) is 10.1. The Bertz CT molecular complexity index is 1620. The molecule has 0 aliphatic rings. The van der Waals surface area contributed by atoms with Gasteiger partial charge in [-0.15, -0.1) is 0 Å². The van der Waals surface area contributed by atoms with E-state index >= 15 is 0 Å². The van der Waals surface area contributed by atoms with Gasteiger partial charge in [0.15, 0.2) is 0 Å². The molecule has 0 aliphatic heterocycles. The summed E-state index contributed by atoms with van der Waals surface area (Å²) in [5.41, 5.74) is 10.9. The Balaban J connectivity index is 0.000000267. The second-order valence-electron chi connectivity index (χ2n) is 10.2. The third-order valence-electron chi connectivity index (χ3n) is 6.64. The molecule has 0 saturated heterocycles. The number of halogens is 1. The van der Waals surface area contributed by atoms with Gasteiger partial charge in [0, 0.05) is 38.8 Å². The van der Waals surface area contributed by atoms with Gasteiger partial charge in [0.05, 0.1) is 11.4 Å². The van der Waals surface area contributed by atoms with Gasteiger partial charge in [-0.3, -0.25) is 9.97 Å². The van der Waals surface area contributed by atoms with Gasteiger partial charge in [0.2, 0.25) is 0 Å². The molecule has 0 fully saturated rings. The van der Waals surface area contributed by atoms with Crippen molar-refractivity contribution in [1.82, 2.24) is 9.97 Å². The smallest absolute Gasteiger partial charge is 0.358 e. The van der Waals surface area contributed by atoms with E-state index in [1.165, 1.54) is 60.5 Å². The monoisotopic (exact) mass is 652 g/mol. The van der Waals surface area contributed by atoms with Crippen LogP contribution in [-0.2, 0) is 19.5 Å². The Morgan fingerprint density at radius 2 is 0.878 bits per heavy atom. The summed E-state index contributed by atoms with van der Waals surface area (Å²) in [4.78, 5) is 9.16. The molecular formula is C37H37BrN2Zn. The number of hydrogen-bond donors (Lipinski definition) is 0. The summed E-state index contributed by atoms with van der Waals surface area (Å²) >= 11 is 3.52. The molecule has 2 nitrogen and oxygen atoms in total. The molecule has 0 N–H and O–H groups in total. The molecule has 6 rings (SSSR count). The van der Waals surface area contributed by atoms with Crippen LogP contribution in [0.15, 0.2) is 102 Å². The summed E-state index contributed by atoms with van der Waals surface area (Å²) in [5.74, 6) is 0. The number of rotatable bonds is 2. The number of hydrogen-bond acceptors (Lipinski definition) is 2. The standard InChI is InChI=1S/C18H17N.C17H14BrN.2CH3.Zn/c1-12-4-5-17-15(9-12)6-7-19-18(17)16-10-13(2)8-14(3)11-16;1-11-7-12(2)9-14(8-11)17-16-4-3-15(18)10-13(16)5-6-19-17;;;/h4-11H,1-3H3;3-10H,1-2H3;2*1H3;/q;;2*-1;+2. The molecule has 41 heavy (non-hydrogen) atoms. The van der Waals surface area contributed by atoms with Crippen molar-refractivity contribution >= 4 is 37.5 Å². The molecule has 4 heteroatoms.